The molecule has 0 saturated carbocycles. The van der Waals surface area contributed by atoms with Gasteiger partial charge in [0.2, 0.25) is 5.82 Å². The molecule has 0 amide bonds. The van der Waals surface area contributed by atoms with Crippen molar-refractivity contribution in [3.05, 3.63) is 71.4 Å². The summed E-state index contributed by atoms with van der Waals surface area (Å²) in [6.07, 6.45) is -4.94. The number of hydrogen-bond acceptors (Lipinski definition) is 4. The zero-order chi connectivity index (χ0) is 18.0. The summed E-state index contributed by atoms with van der Waals surface area (Å²) in [4.78, 5) is 15.3. The molecule has 0 unspecified atom stereocenters. The number of rotatable bonds is 4. The SMILES string of the molecule is O=C(Cc1ccc(-c2noc(C(F)(F)F)n2)cc1F)c1ccccc1. The van der Waals surface area contributed by atoms with E-state index in [1.54, 1.807) is 30.3 Å². The summed E-state index contributed by atoms with van der Waals surface area (Å²) < 4.78 is 55.7. The van der Waals surface area contributed by atoms with Gasteiger partial charge in [-0.25, -0.2) is 4.39 Å². The Hall–Kier alpha value is -3.03. The molecule has 0 bridgehead atoms. The van der Waals surface area contributed by atoms with Crippen molar-refractivity contribution >= 4 is 5.78 Å². The highest BCUT2D eigenvalue weighted by atomic mass is 19.4. The van der Waals surface area contributed by atoms with Crippen molar-refractivity contribution < 1.29 is 26.9 Å². The van der Waals surface area contributed by atoms with Crippen molar-refractivity contribution in [1.29, 1.82) is 0 Å². The first-order chi connectivity index (χ1) is 11.8. The average Bonchev–Trinajstić information content (AvgIpc) is 3.08. The van der Waals surface area contributed by atoms with Gasteiger partial charge in [-0.3, -0.25) is 4.79 Å². The van der Waals surface area contributed by atoms with Crippen LogP contribution in [0.5, 0.6) is 0 Å². The lowest BCUT2D eigenvalue weighted by Crippen LogP contribution is -2.05. The van der Waals surface area contributed by atoms with E-state index >= 15 is 0 Å². The molecule has 0 aliphatic heterocycles. The smallest absolute Gasteiger partial charge is 0.329 e. The number of halogens is 4. The molecular formula is C17H10F4N2O2. The first-order valence-electron chi connectivity index (χ1n) is 7.12. The molecule has 128 valence electrons. The van der Waals surface area contributed by atoms with E-state index in [0.29, 0.717) is 5.56 Å². The first-order valence-corrected chi connectivity index (χ1v) is 7.12. The van der Waals surface area contributed by atoms with Crippen LogP contribution < -0.4 is 0 Å². The largest absolute Gasteiger partial charge is 0.471 e. The van der Waals surface area contributed by atoms with Crippen LogP contribution in [0.15, 0.2) is 53.1 Å². The highest BCUT2D eigenvalue weighted by Crippen LogP contribution is 2.29. The molecule has 0 N–H and O–H groups in total. The average molecular weight is 350 g/mol. The van der Waals surface area contributed by atoms with Crippen LogP contribution in [0, 0.1) is 5.82 Å². The van der Waals surface area contributed by atoms with Crippen LogP contribution in [0.4, 0.5) is 17.6 Å². The highest BCUT2D eigenvalue weighted by molar-refractivity contribution is 5.97. The second-order valence-electron chi connectivity index (χ2n) is 5.19. The van der Waals surface area contributed by atoms with Crippen LogP contribution in [0.2, 0.25) is 0 Å². The van der Waals surface area contributed by atoms with E-state index in [1.165, 1.54) is 12.1 Å². The van der Waals surface area contributed by atoms with Crippen molar-refractivity contribution in [2.24, 2.45) is 0 Å². The number of Topliss-reactive ketones (excluding diaryl/α,β-unsaturated/α-hetero) is 1. The minimum atomic E-state index is -4.77. The fourth-order valence-corrected chi connectivity index (χ4v) is 2.18. The summed E-state index contributed by atoms with van der Waals surface area (Å²) in [7, 11) is 0. The van der Waals surface area contributed by atoms with Gasteiger partial charge in [-0.05, 0) is 11.6 Å². The van der Waals surface area contributed by atoms with Gasteiger partial charge in [-0.1, -0.05) is 47.6 Å². The Bertz CT molecular complexity index is 905. The maximum Gasteiger partial charge on any atom is 0.471 e. The van der Waals surface area contributed by atoms with Gasteiger partial charge >= 0.3 is 12.1 Å². The van der Waals surface area contributed by atoms with Crippen molar-refractivity contribution in [2.75, 3.05) is 0 Å². The fourth-order valence-electron chi connectivity index (χ4n) is 2.18. The zero-order valence-electron chi connectivity index (χ0n) is 12.5. The number of nitrogens with zero attached hydrogens (tertiary/aromatic N) is 2. The Morgan fingerprint density at radius 2 is 1.80 bits per heavy atom. The van der Waals surface area contributed by atoms with E-state index in [2.05, 4.69) is 14.7 Å². The second-order valence-corrected chi connectivity index (χ2v) is 5.19. The van der Waals surface area contributed by atoms with Crippen molar-refractivity contribution in [1.82, 2.24) is 10.1 Å². The molecule has 2 aromatic carbocycles. The summed E-state index contributed by atoms with van der Waals surface area (Å²) >= 11 is 0. The summed E-state index contributed by atoms with van der Waals surface area (Å²) in [5.41, 5.74) is 0.587. The predicted molar refractivity (Wildman–Crippen MR) is 79.2 cm³/mol. The molecule has 0 spiro atoms. The number of hydrogen-bond donors (Lipinski definition) is 0. The molecule has 1 heterocycles. The first kappa shape index (κ1) is 16.8. The minimum absolute atomic E-state index is 0.0210. The van der Waals surface area contributed by atoms with Crippen molar-refractivity contribution in [3.63, 3.8) is 0 Å². The summed E-state index contributed by atoms with van der Waals surface area (Å²) in [5, 5.41) is 3.19. The van der Waals surface area contributed by atoms with Crippen molar-refractivity contribution in [3.8, 4) is 11.4 Å². The monoisotopic (exact) mass is 350 g/mol. The Labute approximate surface area is 139 Å². The number of benzene rings is 2. The maximum absolute atomic E-state index is 14.2. The van der Waals surface area contributed by atoms with E-state index in [4.69, 9.17) is 0 Å². The minimum Gasteiger partial charge on any atom is -0.329 e. The third-order valence-electron chi connectivity index (χ3n) is 3.43. The topological polar surface area (TPSA) is 56.0 Å². The summed E-state index contributed by atoms with van der Waals surface area (Å²) in [6.45, 7) is 0. The summed E-state index contributed by atoms with van der Waals surface area (Å²) in [5.74, 6) is -2.90. The summed E-state index contributed by atoms with van der Waals surface area (Å²) in [6, 6.07) is 12.0. The molecule has 8 heteroatoms. The van der Waals surface area contributed by atoms with Gasteiger partial charge in [0.15, 0.2) is 5.78 Å². The van der Waals surface area contributed by atoms with Gasteiger partial charge in [0.25, 0.3) is 0 Å². The maximum atomic E-state index is 14.2. The van der Waals surface area contributed by atoms with Gasteiger partial charge in [0.1, 0.15) is 5.82 Å². The molecular weight excluding hydrogens is 340 g/mol. The normalized spacial score (nSPS) is 11.5. The van der Waals surface area contributed by atoms with E-state index in [-0.39, 0.29) is 29.2 Å². The van der Waals surface area contributed by atoms with Crippen LogP contribution in [0.3, 0.4) is 0 Å². The van der Waals surface area contributed by atoms with Gasteiger partial charge in [0, 0.05) is 17.5 Å². The fraction of sp³-hybridized carbons (Fsp3) is 0.118. The van der Waals surface area contributed by atoms with Gasteiger partial charge in [-0.15, -0.1) is 0 Å². The number of alkyl halides is 3. The number of ketones is 1. The molecule has 0 saturated heterocycles. The molecule has 3 aromatic rings. The second kappa shape index (κ2) is 6.46. The van der Waals surface area contributed by atoms with Gasteiger partial charge in [-0.2, -0.15) is 18.2 Å². The standard InChI is InChI=1S/C17H10F4N2O2/c18-13-8-12(15-22-16(25-23-15)17(19,20)21)7-6-11(13)9-14(24)10-4-2-1-3-5-10/h1-8H,9H2. The van der Waals surface area contributed by atoms with E-state index in [0.717, 1.165) is 6.07 Å². The quantitative estimate of drug-likeness (QED) is 0.519. The molecule has 25 heavy (non-hydrogen) atoms. The van der Waals surface area contributed by atoms with Crippen LogP contribution in [0.25, 0.3) is 11.4 Å². The lowest BCUT2D eigenvalue weighted by molar-refractivity contribution is -0.159. The Balaban J connectivity index is 1.81. The van der Waals surface area contributed by atoms with Crippen molar-refractivity contribution in [2.45, 2.75) is 12.6 Å². The molecule has 0 fully saturated rings. The molecule has 3 rings (SSSR count). The third kappa shape index (κ3) is 3.73. The van der Waals surface area contributed by atoms with E-state index in [1.807, 2.05) is 0 Å². The Morgan fingerprint density at radius 3 is 2.40 bits per heavy atom. The van der Waals surface area contributed by atoms with Gasteiger partial charge in [0.05, 0.1) is 0 Å². The Kier molecular flexibility index (Phi) is 4.35. The Morgan fingerprint density at radius 1 is 1.08 bits per heavy atom. The molecule has 0 atom stereocenters. The van der Waals surface area contributed by atoms with Crippen LogP contribution in [-0.2, 0) is 12.6 Å². The number of carbonyl (C=O) groups excluding carboxylic acids is 1. The number of aromatic nitrogens is 2. The third-order valence-corrected chi connectivity index (χ3v) is 3.43. The molecule has 0 radical (unpaired) electrons. The highest BCUT2D eigenvalue weighted by Gasteiger charge is 2.38. The predicted octanol–water partition coefficient (Wildman–Crippen LogP) is 4.32. The van der Waals surface area contributed by atoms with Crippen LogP contribution in [-0.4, -0.2) is 15.9 Å². The molecule has 0 aliphatic rings. The van der Waals surface area contributed by atoms with Crippen LogP contribution in [0.1, 0.15) is 21.8 Å². The zero-order valence-corrected chi connectivity index (χ0v) is 12.5. The van der Waals surface area contributed by atoms with Crippen LogP contribution >= 0.6 is 0 Å². The van der Waals surface area contributed by atoms with E-state index in [9.17, 15) is 22.4 Å². The molecule has 0 aliphatic carbocycles. The van der Waals surface area contributed by atoms with E-state index < -0.39 is 17.9 Å². The lowest BCUT2D eigenvalue weighted by Gasteiger charge is -2.04. The lowest BCUT2D eigenvalue weighted by atomic mass is 10.0. The molecule has 4 nitrogen and oxygen atoms in total. The number of carbonyl (C=O) groups is 1. The molecule has 1 aromatic heterocycles. The van der Waals surface area contributed by atoms with Gasteiger partial charge < -0.3 is 4.52 Å².